The minimum atomic E-state index is -0.304. The standard InChI is InChI=1S/C19H19ClN2O3/c20-13-3-1-12(2-4-13)9-10-21-16(11-23)14-5-7-17(24)19-15(14)6-8-18(25)22-19/h1-8,16,21,23-24H,9-11H2,(H,22,25). The Balaban J connectivity index is 1.79. The number of H-pyrrole nitrogens is 1. The first-order valence-electron chi connectivity index (χ1n) is 8.02. The summed E-state index contributed by atoms with van der Waals surface area (Å²) in [5.74, 6) is 0.00861. The second-order valence-corrected chi connectivity index (χ2v) is 6.29. The second kappa shape index (κ2) is 7.70. The Morgan fingerprint density at radius 2 is 1.84 bits per heavy atom. The fraction of sp³-hybridized carbons (Fsp3) is 0.211. The van der Waals surface area contributed by atoms with Gasteiger partial charge in [0.1, 0.15) is 5.75 Å². The van der Waals surface area contributed by atoms with Gasteiger partial charge >= 0.3 is 0 Å². The van der Waals surface area contributed by atoms with Crippen molar-refractivity contribution in [2.45, 2.75) is 12.5 Å². The monoisotopic (exact) mass is 358 g/mol. The van der Waals surface area contributed by atoms with Gasteiger partial charge in [0.15, 0.2) is 0 Å². The topological polar surface area (TPSA) is 85.3 Å². The normalized spacial score (nSPS) is 12.4. The molecule has 2 aromatic carbocycles. The first-order chi connectivity index (χ1) is 12.1. The molecule has 0 bridgehead atoms. The molecule has 3 rings (SSSR count). The van der Waals surface area contributed by atoms with E-state index in [0.29, 0.717) is 22.5 Å². The number of nitrogens with one attached hydrogen (secondary N) is 2. The zero-order chi connectivity index (χ0) is 17.8. The number of phenolic OH excluding ortho intramolecular Hbond substituents is 1. The molecule has 130 valence electrons. The maximum atomic E-state index is 11.5. The molecule has 6 heteroatoms. The van der Waals surface area contributed by atoms with Gasteiger partial charge in [-0.05, 0) is 48.4 Å². The van der Waals surface area contributed by atoms with Gasteiger partial charge in [0.2, 0.25) is 5.56 Å². The highest BCUT2D eigenvalue weighted by molar-refractivity contribution is 6.30. The Labute approximate surface area is 149 Å². The van der Waals surface area contributed by atoms with Gasteiger partial charge in [-0.1, -0.05) is 29.8 Å². The molecule has 0 aliphatic carbocycles. The van der Waals surface area contributed by atoms with Crippen LogP contribution in [0.25, 0.3) is 10.9 Å². The van der Waals surface area contributed by atoms with Crippen LogP contribution in [-0.4, -0.2) is 28.3 Å². The molecule has 1 aromatic heterocycles. The smallest absolute Gasteiger partial charge is 0.248 e. The van der Waals surface area contributed by atoms with E-state index in [-0.39, 0.29) is 24.0 Å². The molecule has 5 nitrogen and oxygen atoms in total. The fourth-order valence-corrected chi connectivity index (χ4v) is 3.00. The van der Waals surface area contributed by atoms with Crippen LogP contribution in [0.15, 0.2) is 53.3 Å². The Morgan fingerprint density at radius 1 is 1.08 bits per heavy atom. The quantitative estimate of drug-likeness (QED) is 0.546. The van der Waals surface area contributed by atoms with Crippen LogP contribution in [0, 0.1) is 0 Å². The average molecular weight is 359 g/mol. The van der Waals surface area contributed by atoms with Gasteiger partial charge in [-0.2, -0.15) is 0 Å². The molecule has 0 radical (unpaired) electrons. The number of rotatable bonds is 6. The van der Waals surface area contributed by atoms with E-state index in [2.05, 4.69) is 10.3 Å². The molecule has 0 saturated heterocycles. The van der Waals surface area contributed by atoms with Crippen molar-refractivity contribution >= 4 is 22.5 Å². The number of hydrogen-bond donors (Lipinski definition) is 4. The molecule has 1 unspecified atom stereocenters. The summed E-state index contributed by atoms with van der Waals surface area (Å²) in [6, 6.07) is 13.7. The summed E-state index contributed by atoms with van der Waals surface area (Å²) < 4.78 is 0. The number of aromatic amines is 1. The van der Waals surface area contributed by atoms with Gasteiger partial charge in [-0.15, -0.1) is 0 Å². The number of aliphatic hydroxyl groups excluding tert-OH is 1. The van der Waals surface area contributed by atoms with Crippen LogP contribution in [0.1, 0.15) is 17.2 Å². The number of halogens is 1. The van der Waals surface area contributed by atoms with Crippen LogP contribution in [-0.2, 0) is 6.42 Å². The lowest BCUT2D eigenvalue weighted by Gasteiger charge is -2.19. The summed E-state index contributed by atoms with van der Waals surface area (Å²) in [6.07, 6.45) is 0.792. The second-order valence-electron chi connectivity index (χ2n) is 5.85. The highest BCUT2D eigenvalue weighted by atomic mass is 35.5. The molecule has 0 spiro atoms. The molecule has 0 saturated carbocycles. The molecule has 4 N–H and O–H groups in total. The third kappa shape index (κ3) is 4.02. The van der Waals surface area contributed by atoms with Crippen LogP contribution in [0.3, 0.4) is 0 Å². The first-order valence-corrected chi connectivity index (χ1v) is 8.40. The maximum absolute atomic E-state index is 11.5. The van der Waals surface area contributed by atoms with E-state index < -0.39 is 0 Å². The van der Waals surface area contributed by atoms with Crippen LogP contribution in [0.4, 0.5) is 0 Å². The SMILES string of the molecule is O=c1ccc2c(C(CO)NCCc3ccc(Cl)cc3)ccc(O)c2[nH]1. The summed E-state index contributed by atoms with van der Waals surface area (Å²) in [6.45, 7) is 0.568. The molecule has 1 atom stereocenters. The predicted molar refractivity (Wildman–Crippen MR) is 99.2 cm³/mol. The minimum absolute atomic E-state index is 0.00861. The predicted octanol–water partition coefficient (Wildman–Crippen LogP) is 2.75. The zero-order valence-electron chi connectivity index (χ0n) is 13.5. The van der Waals surface area contributed by atoms with Crippen molar-refractivity contribution < 1.29 is 10.2 Å². The van der Waals surface area contributed by atoms with Gasteiger partial charge in [-0.3, -0.25) is 4.79 Å². The molecular formula is C19H19ClN2O3. The van der Waals surface area contributed by atoms with Crippen molar-refractivity contribution in [1.82, 2.24) is 10.3 Å². The molecule has 0 aliphatic rings. The van der Waals surface area contributed by atoms with Crippen molar-refractivity contribution in [2.24, 2.45) is 0 Å². The van der Waals surface area contributed by atoms with E-state index in [4.69, 9.17) is 11.6 Å². The van der Waals surface area contributed by atoms with Crippen LogP contribution in [0.2, 0.25) is 5.02 Å². The van der Waals surface area contributed by atoms with Gasteiger partial charge in [0.25, 0.3) is 0 Å². The molecule has 0 amide bonds. The number of aromatic nitrogens is 1. The molecule has 25 heavy (non-hydrogen) atoms. The summed E-state index contributed by atoms with van der Waals surface area (Å²) in [5, 5.41) is 24.5. The Bertz CT molecular complexity index is 922. The number of phenols is 1. The Kier molecular flexibility index (Phi) is 5.38. The largest absolute Gasteiger partial charge is 0.506 e. The highest BCUT2D eigenvalue weighted by Gasteiger charge is 2.15. The minimum Gasteiger partial charge on any atom is -0.506 e. The summed E-state index contributed by atoms with van der Waals surface area (Å²) >= 11 is 5.88. The number of aromatic hydroxyl groups is 1. The molecule has 0 aliphatic heterocycles. The van der Waals surface area contributed by atoms with Crippen molar-refractivity contribution in [3.63, 3.8) is 0 Å². The van der Waals surface area contributed by atoms with Gasteiger partial charge in [0, 0.05) is 16.5 Å². The highest BCUT2D eigenvalue weighted by Crippen LogP contribution is 2.28. The van der Waals surface area contributed by atoms with E-state index in [1.165, 1.54) is 12.1 Å². The number of fused-ring (bicyclic) bond motifs is 1. The third-order valence-corrected chi connectivity index (χ3v) is 4.43. The first kappa shape index (κ1) is 17.5. The van der Waals surface area contributed by atoms with Crippen molar-refractivity contribution in [1.29, 1.82) is 0 Å². The Morgan fingerprint density at radius 3 is 2.56 bits per heavy atom. The van der Waals surface area contributed by atoms with Crippen LogP contribution >= 0.6 is 11.6 Å². The number of pyridine rings is 1. The summed E-state index contributed by atoms with van der Waals surface area (Å²) in [5.41, 5.74) is 2.07. The number of aliphatic hydroxyl groups is 1. The van der Waals surface area contributed by atoms with E-state index in [9.17, 15) is 15.0 Å². The van der Waals surface area contributed by atoms with E-state index in [1.54, 1.807) is 12.1 Å². The van der Waals surface area contributed by atoms with Crippen LogP contribution < -0.4 is 10.9 Å². The lowest BCUT2D eigenvalue weighted by atomic mass is 10.0. The molecular weight excluding hydrogens is 340 g/mol. The zero-order valence-corrected chi connectivity index (χ0v) is 14.3. The lowest BCUT2D eigenvalue weighted by Crippen LogP contribution is -2.26. The van der Waals surface area contributed by atoms with E-state index in [0.717, 1.165) is 17.5 Å². The summed E-state index contributed by atoms with van der Waals surface area (Å²) in [4.78, 5) is 14.1. The molecule has 1 heterocycles. The van der Waals surface area contributed by atoms with E-state index >= 15 is 0 Å². The Hall–Kier alpha value is -2.34. The molecule has 3 aromatic rings. The van der Waals surface area contributed by atoms with Gasteiger partial charge in [-0.25, -0.2) is 0 Å². The summed E-state index contributed by atoms with van der Waals surface area (Å²) in [7, 11) is 0. The van der Waals surface area contributed by atoms with Crippen molar-refractivity contribution in [2.75, 3.05) is 13.2 Å². The van der Waals surface area contributed by atoms with Gasteiger partial charge in [0.05, 0.1) is 18.2 Å². The number of benzene rings is 2. The average Bonchev–Trinajstić information content (AvgIpc) is 2.62. The van der Waals surface area contributed by atoms with Crippen LogP contribution in [0.5, 0.6) is 5.75 Å². The molecule has 0 fully saturated rings. The van der Waals surface area contributed by atoms with E-state index in [1.807, 2.05) is 24.3 Å². The number of hydrogen-bond acceptors (Lipinski definition) is 4. The fourth-order valence-electron chi connectivity index (χ4n) is 2.88. The third-order valence-electron chi connectivity index (χ3n) is 4.18. The van der Waals surface area contributed by atoms with Gasteiger partial charge < -0.3 is 20.5 Å². The lowest BCUT2D eigenvalue weighted by molar-refractivity contribution is 0.246. The van der Waals surface area contributed by atoms with Crippen molar-refractivity contribution in [3.8, 4) is 5.75 Å². The maximum Gasteiger partial charge on any atom is 0.248 e. The van der Waals surface area contributed by atoms with Crippen molar-refractivity contribution in [3.05, 3.63) is 75.0 Å².